The smallest absolute Gasteiger partial charge is 0.352 e. The van der Waals surface area contributed by atoms with E-state index in [1.165, 1.54) is 10.8 Å². The Bertz CT molecular complexity index is 1330. The summed E-state index contributed by atoms with van der Waals surface area (Å²) >= 11 is 0. The molecule has 4 aromatic rings. The average Bonchev–Trinajstić information content (AvgIpc) is 3.27. The van der Waals surface area contributed by atoms with E-state index in [0.29, 0.717) is 24.4 Å². The number of benzene rings is 1. The van der Waals surface area contributed by atoms with Crippen LogP contribution in [0.3, 0.4) is 0 Å². The predicted octanol–water partition coefficient (Wildman–Crippen LogP) is 2.11. The molecule has 5 rings (SSSR count). The van der Waals surface area contributed by atoms with E-state index in [-0.39, 0.29) is 11.3 Å². The molecule has 1 fully saturated rings. The predicted molar refractivity (Wildman–Crippen MR) is 120 cm³/mol. The lowest BCUT2D eigenvalue weighted by molar-refractivity contribution is -0.0882. The summed E-state index contributed by atoms with van der Waals surface area (Å²) in [5.74, 6) is 0.770. The summed E-state index contributed by atoms with van der Waals surface area (Å²) in [6, 6.07) is 9.71. The zero-order valence-electron chi connectivity index (χ0n) is 18.5. The van der Waals surface area contributed by atoms with Crippen LogP contribution < -0.4 is 10.4 Å². The molecule has 1 aliphatic rings. The molecular weight excluding hydrogens is 408 g/mol. The first kappa shape index (κ1) is 20.6. The van der Waals surface area contributed by atoms with Crippen LogP contribution >= 0.6 is 0 Å². The average molecular weight is 435 g/mol. The van der Waals surface area contributed by atoms with Crippen molar-refractivity contribution in [2.24, 2.45) is 0 Å². The maximum Gasteiger partial charge on any atom is 0.352 e. The van der Waals surface area contributed by atoms with Crippen LogP contribution in [0.25, 0.3) is 16.7 Å². The lowest BCUT2D eigenvalue weighted by atomic mass is 10.1. The van der Waals surface area contributed by atoms with Crippen molar-refractivity contribution in [1.29, 1.82) is 0 Å². The number of hydrogen-bond acceptors (Lipinski definition) is 7. The second kappa shape index (κ2) is 7.99. The Morgan fingerprint density at radius 3 is 2.66 bits per heavy atom. The minimum absolute atomic E-state index is 0.165. The third kappa shape index (κ3) is 3.85. The van der Waals surface area contributed by atoms with Crippen molar-refractivity contribution in [3.05, 3.63) is 64.5 Å². The minimum Gasteiger partial charge on any atom is -0.497 e. The molecule has 0 radical (unpaired) electrons. The summed E-state index contributed by atoms with van der Waals surface area (Å²) in [4.78, 5) is 24.5. The minimum atomic E-state index is -0.268. The highest BCUT2D eigenvalue weighted by Gasteiger charge is 2.27. The van der Waals surface area contributed by atoms with E-state index in [4.69, 9.17) is 14.5 Å². The van der Waals surface area contributed by atoms with Crippen LogP contribution in [0.15, 0.2) is 47.7 Å². The molecule has 0 N–H and O–H groups in total. The van der Waals surface area contributed by atoms with Crippen molar-refractivity contribution in [1.82, 2.24) is 29.0 Å². The van der Waals surface area contributed by atoms with E-state index in [0.717, 1.165) is 41.9 Å². The summed E-state index contributed by atoms with van der Waals surface area (Å²) in [6.45, 7) is 7.78. The van der Waals surface area contributed by atoms with Crippen LogP contribution in [0.2, 0.25) is 0 Å². The van der Waals surface area contributed by atoms with Crippen LogP contribution in [0.4, 0.5) is 0 Å². The summed E-state index contributed by atoms with van der Waals surface area (Å²) < 4.78 is 14.0. The quantitative estimate of drug-likeness (QED) is 0.475. The first-order valence-corrected chi connectivity index (χ1v) is 10.6. The molecule has 1 aliphatic heterocycles. The highest BCUT2D eigenvalue weighted by Crippen LogP contribution is 2.22. The fourth-order valence-corrected chi connectivity index (χ4v) is 4.30. The number of ether oxygens (including phenoxy) is 2. The fourth-order valence-electron chi connectivity index (χ4n) is 4.30. The van der Waals surface area contributed by atoms with E-state index in [2.05, 4.69) is 34.9 Å². The van der Waals surface area contributed by atoms with E-state index >= 15 is 0 Å². The number of nitrogens with zero attached hydrogens (tertiary/aromatic N) is 6. The first-order valence-electron chi connectivity index (χ1n) is 10.6. The van der Waals surface area contributed by atoms with Gasteiger partial charge < -0.3 is 9.47 Å². The van der Waals surface area contributed by atoms with Gasteiger partial charge in [-0.1, -0.05) is 12.1 Å². The van der Waals surface area contributed by atoms with Gasteiger partial charge in [0.1, 0.15) is 17.7 Å². The molecule has 0 atom stereocenters. The number of morpholine rings is 1. The lowest BCUT2D eigenvalue weighted by Gasteiger charge is -2.38. The van der Waals surface area contributed by atoms with Gasteiger partial charge in [0.05, 0.1) is 31.2 Å². The second-order valence-electron chi connectivity index (χ2n) is 8.75. The Hall–Kier alpha value is -3.30. The second-order valence-corrected chi connectivity index (χ2v) is 8.75. The van der Waals surface area contributed by atoms with Gasteiger partial charge in [-0.05, 0) is 43.2 Å². The third-order valence-corrected chi connectivity index (χ3v) is 5.79. The molecule has 0 spiro atoms. The van der Waals surface area contributed by atoms with Crippen molar-refractivity contribution in [3.8, 4) is 5.75 Å². The maximum absolute atomic E-state index is 13.1. The summed E-state index contributed by atoms with van der Waals surface area (Å²) in [5.41, 5.74) is 2.72. The van der Waals surface area contributed by atoms with Gasteiger partial charge in [-0.3, -0.25) is 9.47 Å². The largest absolute Gasteiger partial charge is 0.497 e. The van der Waals surface area contributed by atoms with Crippen molar-refractivity contribution in [3.63, 3.8) is 0 Å². The zero-order valence-corrected chi connectivity index (χ0v) is 18.5. The molecule has 0 saturated carbocycles. The van der Waals surface area contributed by atoms with Gasteiger partial charge in [-0.2, -0.15) is 9.61 Å². The Balaban J connectivity index is 1.55. The summed E-state index contributed by atoms with van der Waals surface area (Å²) in [5, 5.41) is 4.97. The van der Waals surface area contributed by atoms with Gasteiger partial charge in [0.15, 0.2) is 5.65 Å². The molecule has 4 heterocycles. The molecule has 9 nitrogen and oxygen atoms in total. The Labute approximate surface area is 185 Å². The molecule has 166 valence electrons. The molecule has 0 bridgehead atoms. The van der Waals surface area contributed by atoms with E-state index in [9.17, 15) is 4.79 Å². The first-order chi connectivity index (χ1) is 15.4. The monoisotopic (exact) mass is 434 g/mol. The molecule has 3 aromatic heterocycles. The van der Waals surface area contributed by atoms with Crippen LogP contribution in [0, 0.1) is 0 Å². The highest BCUT2D eigenvalue weighted by atomic mass is 16.5. The Morgan fingerprint density at radius 1 is 1.09 bits per heavy atom. The standard InChI is InChI=1S/C23H26N6O3/c1-23(2)14-27(8-9-32-23)12-17-10-19-20(24-11-17)28(22(30)29-21(19)25-15-26-29)13-16-4-6-18(31-3)7-5-16/h4-7,10-11,15H,8-9,12-14H2,1-3H3. The summed E-state index contributed by atoms with van der Waals surface area (Å²) in [7, 11) is 1.63. The molecule has 0 amide bonds. The van der Waals surface area contributed by atoms with Crippen LogP contribution in [0.1, 0.15) is 25.0 Å². The van der Waals surface area contributed by atoms with Crippen LogP contribution in [-0.4, -0.2) is 61.5 Å². The number of rotatable bonds is 5. The van der Waals surface area contributed by atoms with Gasteiger partial charge >= 0.3 is 5.69 Å². The molecule has 0 aliphatic carbocycles. The normalized spacial score (nSPS) is 16.6. The van der Waals surface area contributed by atoms with Gasteiger partial charge in [0, 0.05) is 25.8 Å². The van der Waals surface area contributed by atoms with Gasteiger partial charge in [-0.25, -0.2) is 14.8 Å². The van der Waals surface area contributed by atoms with E-state index in [1.54, 1.807) is 11.7 Å². The molecule has 9 heteroatoms. The topological polar surface area (TPSA) is 86.8 Å². The van der Waals surface area contributed by atoms with Crippen LogP contribution in [-0.2, 0) is 17.8 Å². The highest BCUT2D eigenvalue weighted by molar-refractivity contribution is 5.89. The Morgan fingerprint density at radius 2 is 1.91 bits per heavy atom. The maximum atomic E-state index is 13.1. The summed E-state index contributed by atoms with van der Waals surface area (Å²) in [6.07, 6.45) is 3.26. The number of hydrogen-bond donors (Lipinski definition) is 0. The molecule has 1 aromatic carbocycles. The Kier molecular flexibility index (Phi) is 5.15. The van der Waals surface area contributed by atoms with Crippen molar-refractivity contribution in [2.75, 3.05) is 26.8 Å². The van der Waals surface area contributed by atoms with E-state index in [1.807, 2.05) is 30.5 Å². The number of pyridine rings is 1. The van der Waals surface area contributed by atoms with Crippen molar-refractivity contribution in [2.45, 2.75) is 32.5 Å². The molecule has 32 heavy (non-hydrogen) atoms. The number of fused-ring (bicyclic) bond motifs is 3. The van der Waals surface area contributed by atoms with Gasteiger partial charge in [-0.15, -0.1) is 0 Å². The van der Waals surface area contributed by atoms with E-state index < -0.39 is 0 Å². The fraction of sp³-hybridized carbons (Fsp3) is 0.391. The lowest BCUT2D eigenvalue weighted by Crippen LogP contribution is -2.47. The number of methoxy groups -OCH3 is 1. The zero-order chi connectivity index (χ0) is 22.3. The molecule has 0 unspecified atom stereocenters. The van der Waals surface area contributed by atoms with Gasteiger partial charge in [0.25, 0.3) is 0 Å². The van der Waals surface area contributed by atoms with Crippen molar-refractivity contribution < 1.29 is 9.47 Å². The molecule has 1 saturated heterocycles. The number of aromatic nitrogens is 5. The van der Waals surface area contributed by atoms with Crippen molar-refractivity contribution >= 4 is 16.7 Å². The van der Waals surface area contributed by atoms with Gasteiger partial charge in [0.2, 0.25) is 0 Å². The molecular formula is C23H26N6O3. The van der Waals surface area contributed by atoms with Crippen LogP contribution in [0.5, 0.6) is 5.75 Å². The third-order valence-electron chi connectivity index (χ3n) is 5.79. The SMILES string of the molecule is COc1ccc(Cn2c(=O)n3ncnc3c3cc(CN4CCOC(C)(C)C4)cnc32)cc1.